The van der Waals surface area contributed by atoms with E-state index in [2.05, 4.69) is 21.0 Å². The fourth-order valence-corrected chi connectivity index (χ4v) is 2.43. The van der Waals surface area contributed by atoms with Crippen molar-refractivity contribution in [3.05, 3.63) is 46.2 Å². The van der Waals surface area contributed by atoms with E-state index in [1.54, 1.807) is 11.8 Å². The van der Waals surface area contributed by atoms with Gasteiger partial charge in [0.25, 0.3) is 0 Å². The molecule has 0 aliphatic rings. The van der Waals surface area contributed by atoms with Crippen molar-refractivity contribution in [2.45, 2.75) is 12.5 Å². The minimum atomic E-state index is -0.0426. The lowest BCUT2D eigenvalue weighted by Crippen LogP contribution is -2.12. The SMILES string of the molecule is COc1ccc(CC(N)c2cnn(C)c2)cc1Br. The van der Waals surface area contributed by atoms with Gasteiger partial charge in [-0.15, -0.1) is 0 Å². The van der Waals surface area contributed by atoms with Gasteiger partial charge in [-0.25, -0.2) is 0 Å². The van der Waals surface area contributed by atoms with E-state index >= 15 is 0 Å². The molecule has 1 atom stereocenters. The van der Waals surface area contributed by atoms with Crippen LogP contribution in [0.3, 0.4) is 0 Å². The topological polar surface area (TPSA) is 53.1 Å². The van der Waals surface area contributed by atoms with Gasteiger partial charge in [0.05, 0.1) is 17.8 Å². The van der Waals surface area contributed by atoms with E-state index in [-0.39, 0.29) is 6.04 Å². The van der Waals surface area contributed by atoms with E-state index in [4.69, 9.17) is 10.5 Å². The number of nitrogens with two attached hydrogens (primary N) is 1. The fraction of sp³-hybridized carbons (Fsp3) is 0.308. The van der Waals surface area contributed by atoms with Gasteiger partial charge in [-0.3, -0.25) is 4.68 Å². The Labute approximate surface area is 115 Å². The lowest BCUT2D eigenvalue weighted by molar-refractivity contribution is 0.412. The predicted octanol–water partition coefficient (Wildman–Crippen LogP) is 2.43. The normalized spacial score (nSPS) is 12.4. The molecule has 0 fully saturated rings. The summed E-state index contributed by atoms with van der Waals surface area (Å²) in [6, 6.07) is 5.96. The predicted molar refractivity (Wildman–Crippen MR) is 74.5 cm³/mol. The van der Waals surface area contributed by atoms with Crippen LogP contribution in [-0.2, 0) is 13.5 Å². The van der Waals surface area contributed by atoms with Crippen LogP contribution < -0.4 is 10.5 Å². The van der Waals surface area contributed by atoms with Gasteiger partial charge in [0, 0.05) is 24.8 Å². The van der Waals surface area contributed by atoms with E-state index in [0.29, 0.717) is 0 Å². The highest BCUT2D eigenvalue weighted by atomic mass is 79.9. The maximum atomic E-state index is 6.16. The zero-order valence-electron chi connectivity index (χ0n) is 10.4. The third kappa shape index (κ3) is 2.91. The number of methoxy groups -OCH3 is 1. The highest BCUT2D eigenvalue weighted by molar-refractivity contribution is 9.10. The zero-order chi connectivity index (χ0) is 13.1. The second-order valence-electron chi connectivity index (χ2n) is 4.23. The molecule has 18 heavy (non-hydrogen) atoms. The van der Waals surface area contributed by atoms with E-state index < -0.39 is 0 Å². The highest BCUT2D eigenvalue weighted by Gasteiger charge is 2.10. The van der Waals surface area contributed by atoms with Gasteiger partial charge in [-0.05, 0) is 40.0 Å². The molecule has 0 radical (unpaired) electrons. The molecule has 0 amide bonds. The molecule has 0 bridgehead atoms. The first-order valence-electron chi connectivity index (χ1n) is 5.66. The molecule has 1 aromatic heterocycles. The Morgan fingerprint density at radius 2 is 2.28 bits per heavy atom. The summed E-state index contributed by atoms with van der Waals surface area (Å²) in [5.41, 5.74) is 8.37. The third-order valence-electron chi connectivity index (χ3n) is 2.82. The number of aromatic nitrogens is 2. The van der Waals surface area contributed by atoms with Gasteiger partial charge in [-0.2, -0.15) is 5.10 Å². The van der Waals surface area contributed by atoms with Crippen LogP contribution in [0, 0.1) is 0 Å². The van der Waals surface area contributed by atoms with Gasteiger partial charge in [-0.1, -0.05) is 6.07 Å². The monoisotopic (exact) mass is 309 g/mol. The lowest BCUT2D eigenvalue weighted by atomic mass is 10.0. The molecule has 0 saturated carbocycles. The molecule has 2 rings (SSSR count). The number of hydrogen-bond acceptors (Lipinski definition) is 3. The van der Waals surface area contributed by atoms with E-state index in [1.165, 1.54) is 5.56 Å². The number of ether oxygens (including phenoxy) is 1. The van der Waals surface area contributed by atoms with Crippen LogP contribution in [0.25, 0.3) is 0 Å². The second kappa shape index (κ2) is 5.54. The maximum Gasteiger partial charge on any atom is 0.133 e. The molecule has 5 heteroatoms. The molecule has 0 aliphatic carbocycles. The number of halogens is 1. The van der Waals surface area contributed by atoms with Crippen molar-refractivity contribution in [3.8, 4) is 5.75 Å². The molecule has 4 nitrogen and oxygen atoms in total. The van der Waals surface area contributed by atoms with Crippen LogP contribution >= 0.6 is 15.9 Å². The molecule has 0 saturated heterocycles. The number of aryl methyl sites for hydroxylation is 1. The third-order valence-corrected chi connectivity index (χ3v) is 3.44. The van der Waals surface area contributed by atoms with Gasteiger partial charge < -0.3 is 10.5 Å². The zero-order valence-corrected chi connectivity index (χ0v) is 12.0. The van der Waals surface area contributed by atoms with E-state index in [0.717, 1.165) is 22.2 Å². The summed E-state index contributed by atoms with van der Waals surface area (Å²) in [4.78, 5) is 0. The maximum absolute atomic E-state index is 6.16. The minimum absolute atomic E-state index is 0.0426. The number of nitrogens with zero attached hydrogens (tertiary/aromatic N) is 2. The van der Waals surface area contributed by atoms with Crippen molar-refractivity contribution in [2.75, 3.05) is 7.11 Å². The molecule has 96 valence electrons. The van der Waals surface area contributed by atoms with Gasteiger partial charge in [0.15, 0.2) is 0 Å². The average molecular weight is 310 g/mol. The standard InChI is InChI=1S/C13H16BrN3O/c1-17-8-10(7-16-17)12(15)6-9-3-4-13(18-2)11(14)5-9/h3-5,7-8,12H,6,15H2,1-2H3. The molecule has 0 spiro atoms. The fourth-order valence-electron chi connectivity index (χ4n) is 1.84. The molecule has 1 unspecified atom stereocenters. The Balaban J connectivity index is 2.12. The van der Waals surface area contributed by atoms with Crippen molar-refractivity contribution in [1.29, 1.82) is 0 Å². The van der Waals surface area contributed by atoms with Crippen molar-refractivity contribution >= 4 is 15.9 Å². The summed E-state index contributed by atoms with van der Waals surface area (Å²) in [5.74, 6) is 0.827. The van der Waals surface area contributed by atoms with Crippen LogP contribution in [0.2, 0.25) is 0 Å². The summed E-state index contributed by atoms with van der Waals surface area (Å²) in [6.07, 6.45) is 4.53. The first-order valence-corrected chi connectivity index (χ1v) is 6.46. The Hall–Kier alpha value is -1.33. The van der Waals surface area contributed by atoms with Crippen molar-refractivity contribution < 1.29 is 4.74 Å². The molecule has 2 aromatic rings. The van der Waals surface area contributed by atoms with E-state index in [1.807, 2.05) is 37.6 Å². The average Bonchev–Trinajstić information content (AvgIpc) is 2.76. The Morgan fingerprint density at radius 3 is 2.83 bits per heavy atom. The van der Waals surface area contributed by atoms with Crippen molar-refractivity contribution in [3.63, 3.8) is 0 Å². The largest absolute Gasteiger partial charge is 0.496 e. The number of hydrogen-bond donors (Lipinski definition) is 1. The second-order valence-corrected chi connectivity index (χ2v) is 5.08. The smallest absolute Gasteiger partial charge is 0.133 e. The first-order chi connectivity index (χ1) is 8.60. The van der Waals surface area contributed by atoms with Gasteiger partial charge in [0.1, 0.15) is 5.75 Å². The highest BCUT2D eigenvalue weighted by Crippen LogP contribution is 2.27. The summed E-state index contributed by atoms with van der Waals surface area (Å²) < 4.78 is 7.91. The van der Waals surface area contributed by atoms with Crippen LogP contribution in [-0.4, -0.2) is 16.9 Å². The van der Waals surface area contributed by atoms with Gasteiger partial charge >= 0.3 is 0 Å². The first kappa shape index (κ1) is 13.1. The van der Waals surface area contributed by atoms with Crippen molar-refractivity contribution in [1.82, 2.24) is 9.78 Å². The summed E-state index contributed by atoms with van der Waals surface area (Å²) in [6.45, 7) is 0. The summed E-state index contributed by atoms with van der Waals surface area (Å²) in [7, 11) is 3.54. The Kier molecular flexibility index (Phi) is 4.04. The van der Waals surface area contributed by atoms with Crippen molar-refractivity contribution in [2.24, 2.45) is 12.8 Å². The number of rotatable bonds is 4. The quantitative estimate of drug-likeness (QED) is 0.943. The lowest BCUT2D eigenvalue weighted by Gasteiger charge is -2.11. The van der Waals surface area contributed by atoms with Crippen LogP contribution in [0.1, 0.15) is 17.2 Å². The molecule has 2 N–H and O–H groups in total. The number of benzene rings is 1. The van der Waals surface area contributed by atoms with Crippen LogP contribution in [0.5, 0.6) is 5.75 Å². The molecular formula is C13H16BrN3O. The van der Waals surface area contributed by atoms with Crippen LogP contribution in [0.15, 0.2) is 35.1 Å². The molecule has 1 aromatic carbocycles. The Morgan fingerprint density at radius 1 is 1.50 bits per heavy atom. The Bertz CT molecular complexity index is 539. The molecule has 0 aliphatic heterocycles. The molecular weight excluding hydrogens is 294 g/mol. The van der Waals surface area contributed by atoms with Gasteiger partial charge in [0.2, 0.25) is 0 Å². The summed E-state index contributed by atoms with van der Waals surface area (Å²) >= 11 is 3.48. The minimum Gasteiger partial charge on any atom is -0.496 e. The summed E-state index contributed by atoms with van der Waals surface area (Å²) in [5, 5.41) is 4.13. The van der Waals surface area contributed by atoms with E-state index in [9.17, 15) is 0 Å². The van der Waals surface area contributed by atoms with Crippen LogP contribution in [0.4, 0.5) is 0 Å². The molecule has 1 heterocycles.